The molecule has 2 aromatic carbocycles. The summed E-state index contributed by atoms with van der Waals surface area (Å²) in [6.07, 6.45) is 0. The molecule has 0 saturated carbocycles. The van der Waals surface area contributed by atoms with Crippen molar-refractivity contribution in [2.24, 2.45) is 5.84 Å². The molecule has 0 fully saturated rings. The number of amides is 1. The van der Waals surface area contributed by atoms with Gasteiger partial charge < -0.3 is 10.1 Å². The van der Waals surface area contributed by atoms with E-state index in [0.717, 1.165) is 17.0 Å². The monoisotopic (exact) mass is 299 g/mol. The second kappa shape index (κ2) is 7.47. The quantitative estimate of drug-likeness (QED) is 0.331. The summed E-state index contributed by atoms with van der Waals surface area (Å²) in [6.45, 7) is 5.05. The molecule has 0 aromatic heterocycles. The maximum Gasteiger partial charge on any atom is 0.267 e. The SMILES string of the molecule is Cc1ccc(OCCNc2ccc(C)cc2C(=O)NN)cc1. The minimum Gasteiger partial charge on any atom is -0.492 e. The smallest absolute Gasteiger partial charge is 0.267 e. The summed E-state index contributed by atoms with van der Waals surface area (Å²) in [7, 11) is 0. The normalized spacial score (nSPS) is 10.1. The lowest BCUT2D eigenvalue weighted by atomic mass is 10.1. The van der Waals surface area contributed by atoms with E-state index in [1.54, 1.807) is 6.07 Å². The van der Waals surface area contributed by atoms with Crippen molar-refractivity contribution in [1.29, 1.82) is 0 Å². The number of hydrogen-bond acceptors (Lipinski definition) is 4. The van der Waals surface area contributed by atoms with Gasteiger partial charge in [-0.25, -0.2) is 5.84 Å². The summed E-state index contributed by atoms with van der Waals surface area (Å²) in [5, 5.41) is 3.20. The number of aryl methyl sites for hydroxylation is 2. The van der Waals surface area contributed by atoms with Crippen LogP contribution in [0.1, 0.15) is 21.5 Å². The highest BCUT2D eigenvalue weighted by Gasteiger charge is 2.10. The van der Waals surface area contributed by atoms with E-state index in [1.165, 1.54) is 5.56 Å². The lowest BCUT2D eigenvalue weighted by Gasteiger charge is -2.12. The van der Waals surface area contributed by atoms with Gasteiger partial charge in [-0.2, -0.15) is 0 Å². The molecule has 0 saturated heterocycles. The van der Waals surface area contributed by atoms with Gasteiger partial charge in [-0.05, 0) is 38.1 Å². The van der Waals surface area contributed by atoms with E-state index in [4.69, 9.17) is 10.6 Å². The highest BCUT2D eigenvalue weighted by molar-refractivity contribution is 5.99. The Bertz CT molecular complexity index is 639. The Morgan fingerprint density at radius 3 is 2.45 bits per heavy atom. The van der Waals surface area contributed by atoms with Gasteiger partial charge in [0.25, 0.3) is 5.91 Å². The number of rotatable bonds is 6. The van der Waals surface area contributed by atoms with Crippen molar-refractivity contribution in [3.8, 4) is 5.75 Å². The van der Waals surface area contributed by atoms with Crippen LogP contribution >= 0.6 is 0 Å². The van der Waals surface area contributed by atoms with Crippen LogP contribution in [0.15, 0.2) is 42.5 Å². The van der Waals surface area contributed by atoms with Crippen molar-refractivity contribution in [1.82, 2.24) is 5.43 Å². The number of ether oxygens (including phenoxy) is 1. The van der Waals surface area contributed by atoms with Gasteiger partial charge in [-0.3, -0.25) is 10.2 Å². The van der Waals surface area contributed by atoms with Crippen molar-refractivity contribution in [2.45, 2.75) is 13.8 Å². The summed E-state index contributed by atoms with van der Waals surface area (Å²) in [4.78, 5) is 11.8. The molecular weight excluding hydrogens is 278 g/mol. The molecule has 0 aliphatic heterocycles. The maximum absolute atomic E-state index is 11.8. The highest BCUT2D eigenvalue weighted by Crippen LogP contribution is 2.17. The summed E-state index contributed by atoms with van der Waals surface area (Å²) in [5.41, 5.74) is 5.62. The number of benzene rings is 2. The van der Waals surface area contributed by atoms with Crippen LogP contribution in [-0.2, 0) is 0 Å². The van der Waals surface area contributed by atoms with E-state index < -0.39 is 0 Å². The highest BCUT2D eigenvalue weighted by atomic mass is 16.5. The van der Waals surface area contributed by atoms with Gasteiger partial charge in [0, 0.05) is 12.2 Å². The zero-order valence-electron chi connectivity index (χ0n) is 12.8. The van der Waals surface area contributed by atoms with Gasteiger partial charge in [-0.15, -0.1) is 0 Å². The Labute approximate surface area is 130 Å². The zero-order chi connectivity index (χ0) is 15.9. The summed E-state index contributed by atoms with van der Waals surface area (Å²) in [5.74, 6) is 5.73. The second-order valence-corrected chi connectivity index (χ2v) is 5.11. The van der Waals surface area contributed by atoms with Crippen molar-refractivity contribution < 1.29 is 9.53 Å². The third kappa shape index (κ3) is 4.23. The fourth-order valence-corrected chi connectivity index (χ4v) is 2.07. The molecule has 0 bridgehead atoms. The predicted molar refractivity (Wildman–Crippen MR) is 88.0 cm³/mol. The van der Waals surface area contributed by atoms with E-state index in [-0.39, 0.29) is 5.91 Å². The topological polar surface area (TPSA) is 76.4 Å². The fraction of sp³-hybridized carbons (Fsp3) is 0.235. The first-order chi connectivity index (χ1) is 10.6. The number of carbonyl (C=O) groups excluding carboxylic acids is 1. The van der Waals surface area contributed by atoms with Gasteiger partial charge in [0.15, 0.2) is 0 Å². The Balaban J connectivity index is 1.91. The van der Waals surface area contributed by atoms with E-state index in [2.05, 4.69) is 10.7 Å². The van der Waals surface area contributed by atoms with E-state index in [0.29, 0.717) is 18.7 Å². The molecule has 0 unspecified atom stereocenters. The molecule has 116 valence electrons. The van der Waals surface area contributed by atoms with Crippen LogP contribution in [0, 0.1) is 13.8 Å². The van der Waals surface area contributed by atoms with Crippen LogP contribution in [0.3, 0.4) is 0 Å². The van der Waals surface area contributed by atoms with E-state index in [9.17, 15) is 4.79 Å². The molecule has 0 spiro atoms. The van der Waals surface area contributed by atoms with Crippen LogP contribution in [0.25, 0.3) is 0 Å². The predicted octanol–water partition coefficient (Wildman–Crippen LogP) is 2.40. The average molecular weight is 299 g/mol. The molecule has 2 aromatic rings. The van der Waals surface area contributed by atoms with Crippen LogP contribution in [0.4, 0.5) is 5.69 Å². The average Bonchev–Trinajstić information content (AvgIpc) is 2.53. The number of nitrogen functional groups attached to an aromatic ring is 1. The molecule has 2 rings (SSSR count). The zero-order valence-corrected chi connectivity index (χ0v) is 12.8. The molecule has 0 heterocycles. The van der Waals surface area contributed by atoms with Crippen molar-refractivity contribution >= 4 is 11.6 Å². The van der Waals surface area contributed by atoms with E-state index >= 15 is 0 Å². The van der Waals surface area contributed by atoms with Crippen molar-refractivity contribution in [2.75, 3.05) is 18.5 Å². The molecule has 0 atom stereocenters. The van der Waals surface area contributed by atoms with Gasteiger partial charge in [-0.1, -0.05) is 29.3 Å². The molecule has 4 N–H and O–H groups in total. The summed E-state index contributed by atoms with van der Waals surface area (Å²) >= 11 is 0. The Morgan fingerprint density at radius 2 is 1.77 bits per heavy atom. The minimum absolute atomic E-state index is 0.314. The molecule has 1 amide bonds. The maximum atomic E-state index is 11.8. The third-order valence-electron chi connectivity index (χ3n) is 3.26. The molecular formula is C17H21N3O2. The van der Waals surface area contributed by atoms with Crippen molar-refractivity contribution in [3.05, 3.63) is 59.2 Å². The van der Waals surface area contributed by atoms with Crippen LogP contribution < -0.4 is 21.3 Å². The largest absolute Gasteiger partial charge is 0.492 e. The van der Waals surface area contributed by atoms with Gasteiger partial charge in [0.1, 0.15) is 12.4 Å². The number of anilines is 1. The number of hydrazine groups is 1. The first kappa shape index (κ1) is 15.9. The molecule has 5 heteroatoms. The van der Waals surface area contributed by atoms with Gasteiger partial charge in [0.2, 0.25) is 0 Å². The standard InChI is InChI=1S/C17H21N3O2/c1-12-3-6-14(7-4-12)22-10-9-19-16-8-5-13(2)11-15(16)17(21)20-18/h3-8,11,19H,9-10,18H2,1-2H3,(H,20,21). The molecule has 0 aliphatic carbocycles. The minimum atomic E-state index is -0.314. The molecule has 0 radical (unpaired) electrons. The Hall–Kier alpha value is -2.53. The molecule has 5 nitrogen and oxygen atoms in total. The first-order valence-electron chi connectivity index (χ1n) is 7.15. The van der Waals surface area contributed by atoms with Crippen LogP contribution in [-0.4, -0.2) is 19.1 Å². The summed E-state index contributed by atoms with van der Waals surface area (Å²) < 4.78 is 5.65. The fourth-order valence-electron chi connectivity index (χ4n) is 2.07. The van der Waals surface area contributed by atoms with Gasteiger partial charge in [0.05, 0.1) is 5.56 Å². The molecule has 22 heavy (non-hydrogen) atoms. The van der Waals surface area contributed by atoms with Crippen LogP contribution in [0.2, 0.25) is 0 Å². The Kier molecular flexibility index (Phi) is 5.38. The van der Waals surface area contributed by atoms with Gasteiger partial charge >= 0.3 is 0 Å². The number of nitrogens with one attached hydrogen (secondary N) is 2. The Morgan fingerprint density at radius 1 is 1.09 bits per heavy atom. The third-order valence-corrected chi connectivity index (χ3v) is 3.26. The number of carbonyl (C=O) groups is 1. The second-order valence-electron chi connectivity index (χ2n) is 5.11. The van der Waals surface area contributed by atoms with Crippen LogP contribution in [0.5, 0.6) is 5.75 Å². The lowest BCUT2D eigenvalue weighted by Crippen LogP contribution is -2.31. The number of nitrogens with two attached hydrogens (primary N) is 1. The van der Waals surface area contributed by atoms with Crippen molar-refractivity contribution in [3.63, 3.8) is 0 Å². The first-order valence-corrected chi connectivity index (χ1v) is 7.15. The number of hydrogen-bond donors (Lipinski definition) is 3. The molecule has 0 aliphatic rings. The van der Waals surface area contributed by atoms with E-state index in [1.807, 2.05) is 50.2 Å². The lowest BCUT2D eigenvalue weighted by molar-refractivity contribution is 0.0954. The summed E-state index contributed by atoms with van der Waals surface area (Å²) in [6, 6.07) is 13.5.